The molecular weight excluding hydrogens is 254 g/mol. The summed E-state index contributed by atoms with van der Waals surface area (Å²) in [6, 6.07) is 9.52. The van der Waals surface area contributed by atoms with Crippen molar-refractivity contribution in [1.82, 2.24) is 15.0 Å². The smallest absolute Gasteiger partial charge is 0.275 e. The molecule has 3 N–H and O–H groups in total. The number of pyridine rings is 1. The van der Waals surface area contributed by atoms with Gasteiger partial charge in [0.1, 0.15) is 11.5 Å². The van der Waals surface area contributed by atoms with E-state index in [1.165, 1.54) is 12.4 Å². The van der Waals surface area contributed by atoms with E-state index in [9.17, 15) is 4.79 Å². The minimum Gasteiger partial charge on any atom is -0.382 e. The van der Waals surface area contributed by atoms with E-state index in [2.05, 4.69) is 20.3 Å². The third-order valence-corrected chi connectivity index (χ3v) is 2.75. The fraction of sp³-hybridized carbons (Fsp3) is 0. The number of hydrogen-bond acceptors (Lipinski definition) is 5. The second-order valence-corrected chi connectivity index (χ2v) is 4.20. The minimum absolute atomic E-state index is 0.201. The highest BCUT2D eigenvalue weighted by Gasteiger charge is 2.08. The van der Waals surface area contributed by atoms with Crippen LogP contribution < -0.4 is 11.1 Å². The summed E-state index contributed by atoms with van der Waals surface area (Å²) in [6.45, 7) is 0. The molecule has 0 atom stereocenters. The normalized spacial score (nSPS) is 10.4. The van der Waals surface area contributed by atoms with Crippen molar-refractivity contribution in [3.63, 3.8) is 0 Å². The highest BCUT2D eigenvalue weighted by molar-refractivity contribution is 6.03. The molecule has 3 aromatic rings. The van der Waals surface area contributed by atoms with Gasteiger partial charge in [0.2, 0.25) is 0 Å². The van der Waals surface area contributed by atoms with Crippen LogP contribution in [0.3, 0.4) is 0 Å². The number of amides is 1. The number of nitrogens with two attached hydrogens (primary N) is 1. The first-order chi connectivity index (χ1) is 9.72. The summed E-state index contributed by atoms with van der Waals surface area (Å²) >= 11 is 0. The Morgan fingerprint density at radius 3 is 2.70 bits per heavy atom. The van der Waals surface area contributed by atoms with Crippen LogP contribution in [0.4, 0.5) is 11.5 Å². The number of hydrogen-bond donors (Lipinski definition) is 2. The SMILES string of the molecule is Nc1cnc(C(=O)Nc2cnc3ccccc3c2)cn1. The van der Waals surface area contributed by atoms with Gasteiger partial charge >= 0.3 is 0 Å². The molecule has 0 aliphatic carbocycles. The molecule has 1 amide bonds. The zero-order valence-electron chi connectivity index (χ0n) is 10.4. The summed E-state index contributed by atoms with van der Waals surface area (Å²) in [5, 5.41) is 3.68. The third-order valence-electron chi connectivity index (χ3n) is 2.75. The molecule has 0 saturated heterocycles. The number of para-hydroxylation sites is 1. The lowest BCUT2D eigenvalue weighted by molar-refractivity contribution is 0.102. The number of rotatable bonds is 2. The molecule has 20 heavy (non-hydrogen) atoms. The van der Waals surface area contributed by atoms with Crippen molar-refractivity contribution in [3.8, 4) is 0 Å². The fourth-order valence-corrected chi connectivity index (χ4v) is 1.79. The first-order valence-electron chi connectivity index (χ1n) is 5.96. The van der Waals surface area contributed by atoms with Crippen molar-refractivity contribution in [3.05, 3.63) is 54.6 Å². The van der Waals surface area contributed by atoms with E-state index < -0.39 is 0 Å². The van der Waals surface area contributed by atoms with Crippen LogP contribution in [0.2, 0.25) is 0 Å². The summed E-state index contributed by atoms with van der Waals surface area (Å²) in [6.07, 6.45) is 4.28. The molecule has 1 aromatic carbocycles. The molecule has 6 heteroatoms. The van der Waals surface area contributed by atoms with Crippen LogP contribution in [0.5, 0.6) is 0 Å². The van der Waals surface area contributed by atoms with Crippen molar-refractivity contribution in [1.29, 1.82) is 0 Å². The van der Waals surface area contributed by atoms with Crippen LogP contribution in [0, 0.1) is 0 Å². The van der Waals surface area contributed by atoms with Crippen molar-refractivity contribution >= 4 is 28.3 Å². The maximum atomic E-state index is 12.0. The fourth-order valence-electron chi connectivity index (χ4n) is 1.79. The van der Waals surface area contributed by atoms with Gasteiger partial charge in [0.15, 0.2) is 0 Å². The molecule has 98 valence electrons. The number of nitrogen functional groups attached to an aromatic ring is 1. The molecule has 0 radical (unpaired) electrons. The van der Waals surface area contributed by atoms with E-state index in [1.54, 1.807) is 6.20 Å². The maximum absolute atomic E-state index is 12.0. The third kappa shape index (κ3) is 2.39. The van der Waals surface area contributed by atoms with Crippen molar-refractivity contribution in [2.75, 3.05) is 11.1 Å². The Morgan fingerprint density at radius 1 is 1.05 bits per heavy atom. The van der Waals surface area contributed by atoms with Gasteiger partial charge < -0.3 is 11.1 Å². The average molecular weight is 265 g/mol. The molecular formula is C14H11N5O. The van der Waals surface area contributed by atoms with Crippen LogP contribution in [-0.2, 0) is 0 Å². The van der Waals surface area contributed by atoms with Gasteiger partial charge in [-0.05, 0) is 12.1 Å². The van der Waals surface area contributed by atoms with E-state index in [0.29, 0.717) is 5.69 Å². The molecule has 0 bridgehead atoms. The molecule has 0 spiro atoms. The molecule has 0 aliphatic heterocycles. The second kappa shape index (κ2) is 4.93. The van der Waals surface area contributed by atoms with Crippen LogP contribution in [0.1, 0.15) is 10.5 Å². The summed E-state index contributed by atoms with van der Waals surface area (Å²) in [7, 11) is 0. The first-order valence-corrected chi connectivity index (χ1v) is 5.96. The lowest BCUT2D eigenvalue weighted by Crippen LogP contribution is -2.14. The number of carbonyl (C=O) groups excluding carboxylic acids is 1. The predicted molar refractivity (Wildman–Crippen MR) is 76.1 cm³/mol. The lowest BCUT2D eigenvalue weighted by Gasteiger charge is -2.05. The molecule has 6 nitrogen and oxygen atoms in total. The zero-order valence-corrected chi connectivity index (χ0v) is 10.4. The number of benzene rings is 1. The van der Waals surface area contributed by atoms with Gasteiger partial charge in [0.25, 0.3) is 5.91 Å². The molecule has 3 rings (SSSR count). The largest absolute Gasteiger partial charge is 0.382 e. The Labute approximate surface area is 114 Å². The molecule has 0 unspecified atom stereocenters. The lowest BCUT2D eigenvalue weighted by atomic mass is 10.2. The average Bonchev–Trinajstić information content (AvgIpc) is 2.48. The Kier molecular flexibility index (Phi) is 2.96. The Balaban J connectivity index is 1.85. The number of fused-ring (bicyclic) bond motifs is 1. The summed E-state index contributed by atoms with van der Waals surface area (Å²) in [5.41, 5.74) is 7.10. The van der Waals surface area contributed by atoms with Crippen molar-refractivity contribution < 1.29 is 4.79 Å². The maximum Gasteiger partial charge on any atom is 0.275 e. The van der Waals surface area contributed by atoms with Gasteiger partial charge in [-0.25, -0.2) is 9.97 Å². The van der Waals surface area contributed by atoms with Crippen molar-refractivity contribution in [2.24, 2.45) is 0 Å². The molecule has 0 fully saturated rings. The van der Waals surface area contributed by atoms with E-state index in [4.69, 9.17) is 5.73 Å². The minimum atomic E-state index is -0.352. The Hall–Kier alpha value is -3.02. The molecule has 0 aliphatic rings. The topological polar surface area (TPSA) is 93.8 Å². The van der Waals surface area contributed by atoms with Gasteiger partial charge in [-0.3, -0.25) is 9.78 Å². The van der Waals surface area contributed by atoms with Gasteiger partial charge in [-0.15, -0.1) is 0 Å². The summed E-state index contributed by atoms with van der Waals surface area (Å²) < 4.78 is 0. The summed E-state index contributed by atoms with van der Waals surface area (Å²) in [5.74, 6) is -0.0801. The van der Waals surface area contributed by atoms with E-state index in [-0.39, 0.29) is 17.4 Å². The monoisotopic (exact) mass is 265 g/mol. The van der Waals surface area contributed by atoms with Gasteiger partial charge in [-0.1, -0.05) is 18.2 Å². The highest BCUT2D eigenvalue weighted by atomic mass is 16.1. The van der Waals surface area contributed by atoms with Crippen LogP contribution in [0.15, 0.2) is 48.9 Å². The van der Waals surface area contributed by atoms with Crippen LogP contribution in [-0.4, -0.2) is 20.9 Å². The zero-order chi connectivity index (χ0) is 13.9. The van der Waals surface area contributed by atoms with Gasteiger partial charge in [0.05, 0.1) is 29.8 Å². The standard InChI is InChI=1S/C14H11N5O/c15-13-8-17-12(7-18-13)14(20)19-10-5-9-3-1-2-4-11(9)16-6-10/h1-8H,(H2,15,18)(H,19,20). The second-order valence-electron chi connectivity index (χ2n) is 4.20. The number of carbonyl (C=O) groups is 1. The number of nitrogens with one attached hydrogen (secondary N) is 1. The Bertz CT molecular complexity index is 770. The Morgan fingerprint density at radius 2 is 1.90 bits per heavy atom. The van der Waals surface area contributed by atoms with E-state index >= 15 is 0 Å². The van der Waals surface area contributed by atoms with Crippen LogP contribution >= 0.6 is 0 Å². The predicted octanol–water partition coefficient (Wildman–Crippen LogP) is 1.86. The number of anilines is 2. The molecule has 2 heterocycles. The molecule has 2 aromatic heterocycles. The van der Waals surface area contributed by atoms with E-state index in [1.807, 2.05) is 30.3 Å². The van der Waals surface area contributed by atoms with Gasteiger partial charge in [0, 0.05) is 5.39 Å². The van der Waals surface area contributed by atoms with E-state index in [0.717, 1.165) is 10.9 Å². The quantitative estimate of drug-likeness (QED) is 0.737. The summed E-state index contributed by atoms with van der Waals surface area (Å²) in [4.78, 5) is 24.0. The van der Waals surface area contributed by atoms with Gasteiger partial charge in [-0.2, -0.15) is 0 Å². The number of nitrogens with zero attached hydrogens (tertiary/aromatic N) is 3. The molecule has 0 saturated carbocycles. The highest BCUT2D eigenvalue weighted by Crippen LogP contribution is 2.16. The number of aromatic nitrogens is 3. The van der Waals surface area contributed by atoms with Crippen molar-refractivity contribution in [2.45, 2.75) is 0 Å². The first kappa shape index (κ1) is 12.0. The van der Waals surface area contributed by atoms with Crippen LogP contribution in [0.25, 0.3) is 10.9 Å².